The molecule has 1 rings (SSSR count). The molecule has 1 aliphatic heterocycles. The Kier molecular flexibility index (Phi) is 1.64. The van der Waals surface area contributed by atoms with E-state index in [-0.39, 0.29) is 12.5 Å². The smallest absolute Gasteiger partial charge is 0.248 e. The minimum absolute atomic E-state index is 0.116. The molecule has 0 unspecified atom stereocenters. The van der Waals surface area contributed by atoms with Gasteiger partial charge in [-0.3, -0.25) is 14.9 Å². The predicted octanol–water partition coefficient (Wildman–Crippen LogP) is -1.38. The zero-order valence-electron chi connectivity index (χ0n) is 4.97. The Labute approximate surface area is 52.1 Å². The fourth-order valence-corrected chi connectivity index (χ4v) is 0.516. The van der Waals surface area contributed by atoms with Crippen LogP contribution in [0.4, 0.5) is 0 Å². The van der Waals surface area contributed by atoms with Gasteiger partial charge in [-0.25, -0.2) is 10.5 Å². The van der Waals surface area contributed by atoms with Crippen LogP contribution in [0.15, 0.2) is 4.99 Å². The number of nitrogens with zero attached hydrogens (tertiary/aromatic N) is 1. The molecule has 0 aromatic rings. The van der Waals surface area contributed by atoms with Gasteiger partial charge in [-0.1, -0.05) is 0 Å². The van der Waals surface area contributed by atoms with Crippen LogP contribution < -0.4 is 10.8 Å². The molecule has 0 atom stereocenters. The highest BCUT2D eigenvalue weighted by molar-refractivity contribution is 6.02. The van der Waals surface area contributed by atoms with Crippen molar-refractivity contribution in [3.8, 4) is 0 Å². The lowest BCUT2D eigenvalue weighted by Gasteiger charge is -1.99. The summed E-state index contributed by atoms with van der Waals surface area (Å²) in [6, 6.07) is 0. The Morgan fingerprint density at radius 3 is 3.11 bits per heavy atom. The Morgan fingerprint density at radius 1 is 1.89 bits per heavy atom. The lowest BCUT2D eigenvalue weighted by atomic mass is 10.7. The monoisotopic (exact) mass is 129 g/mol. The van der Waals surface area contributed by atoms with Crippen molar-refractivity contribution in [2.45, 2.75) is 0 Å². The lowest BCUT2D eigenvalue weighted by molar-refractivity contribution is -0.117. The summed E-state index contributed by atoms with van der Waals surface area (Å²) in [4.78, 5) is 18.6. The van der Waals surface area contributed by atoms with Gasteiger partial charge in [0.15, 0.2) is 0 Å². The third kappa shape index (κ3) is 1.39. The zero-order chi connectivity index (χ0) is 6.69. The molecule has 2 N–H and O–H groups in total. The van der Waals surface area contributed by atoms with Gasteiger partial charge in [-0.05, 0) is 0 Å². The molecule has 0 aromatic carbocycles. The van der Waals surface area contributed by atoms with E-state index in [1.54, 1.807) is 0 Å². The first-order valence-corrected chi connectivity index (χ1v) is 2.46. The van der Waals surface area contributed by atoms with Crippen molar-refractivity contribution in [3.05, 3.63) is 0 Å². The second kappa shape index (κ2) is 2.45. The van der Waals surface area contributed by atoms with E-state index >= 15 is 0 Å². The van der Waals surface area contributed by atoms with E-state index in [0.29, 0.717) is 5.96 Å². The number of aliphatic imine (C=N–C) groups is 1. The molecule has 0 bridgehead atoms. The van der Waals surface area contributed by atoms with Crippen LogP contribution in [0, 0.1) is 0 Å². The van der Waals surface area contributed by atoms with Crippen LogP contribution in [-0.4, -0.2) is 25.5 Å². The second-order valence-electron chi connectivity index (χ2n) is 1.52. The number of hydroxylamine groups is 1. The molecule has 1 heterocycles. The van der Waals surface area contributed by atoms with Crippen LogP contribution in [0.25, 0.3) is 0 Å². The standard InChI is InChI=1S/C4H7N3O2/c1-9-7-4-5-2-3(8)6-4/h2H2,1H3,(H2,5,6,7,8). The van der Waals surface area contributed by atoms with E-state index in [2.05, 4.69) is 20.6 Å². The molecule has 0 spiro atoms. The van der Waals surface area contributed by atoms with E-state index in [1.807, 2.05) is 0 Å². The molecule has 9 heavy (non-hydrogen) atoms. The van der Waals surface area contributed by atoms with E-state index in [4.69, 9.17) is 0 Å². The number of carbonyl (C=O) groups is 1. The van der Waals surface area contributed by atoms with Gasteiger partial charge in [0, 0.05) is 0 Å². The van der Waals surface area contributed by atoms with E-state index < -0.39 is 0 Å². The zero-order valence-corrected chi connectivity index (χ0v) is 4.97. The summed E-state index contributed by atoms with van der Waals surface area (Å²) in [5, 5.41) is 2.43. The first-order valence-electron chi connectivity index (χ1n) is 2.46. The molecule has 0 aromatic heterocycles. The predicted molar refractivity (Wildman–Crippen MR) is 30.6 cm³/mol. The van der Waals surface area contributed by atoms with Gasteiger partial charge in [0.05, 0.1) is 7.11 Å². The molecule has 5 heteroatoms. The van der Waals surface area contributed by atoms with Gasteiger partial charge in [0.1, 0.15) is 6.54 Å². The molecule has 1 amide bonds. The number of hydrogen-bond donors (Lipinski definition) is 2. The van der Waals surface area contributed by atoms with E-state index in [9.17, 15) is 4.79 Å². The highest BCUT2D eigenvalue weighted by Crippen LogP contribution is 1.81. The summed E-state index contributed by atoms with van der Waals surface area (Å²) in [6.07, 6.45) is 0. The molecule has 0 fully saturated rings. The number of hydrogen-bond acceptors (Lipinski definition) is 4. The van der Waals surface area contributed by atoms with Crippen molar-refractivity contribution in [3.63, 3.8) is 0 Å². The highest BCUT2D eigenvalue weighted by atomic mass is 16.6. The van der Waals surface area contributed by atoms with E-state index in [1.165, 1.54) is 7.11 Å². The molecule has 0 radical (unpaired) electrons. The number of guanidine groups is 1. The van der Waals surface area contributed by atoms with Crippen molar-refractivity contribution in [2.75, 3.05) is 13.7 Å². The van der Waals surface area contributed by atoms with Gasteiger partial charge in [-0.15, -0.1) is 0 Å². The van der Waals surface area contributed by atoms with Crippen LogP contribution in [0.5, 0.6) is 0 Å². The summed E-state index contributed by atoms with van der Waals surface area (Å²) in [5.74, 6) is 0.261. The van der Waals surface area contributed by atoms with Gasteiger partial charge in [0.25, 0.3) is 0 Å². The summed E-state index contributed by atoms with van der Waals surface area (Å²) >= 11 is 0. The fraction of sp³-hybridized carbons (Fsp3) is 0.500. The molecule has 0 saturated carbocycles. The number of carbonyl (C=O) groups excluding carboxylic acids is 1. The Bertz CT molecular complexity index is 154. The maximum Gasteiger partial charge on any atom is 0.248 e. The van der Waals surface area contributed by atoms with Crippen molar-refractivity contribution in [1.82, 2.24) is 10.8 Å². The summed E-state index contributed by atoms with van der Waals surface area (Å²) in [5.41, 5.74) is 2.39. The molecule has 0 saturated heterocycles. The SMILES string of the molecule is CONC1=NCC(=O)N1. The average Bonchev–Trinajstić information content (AvgIpc) is 2.17. The van der Waals surface area contributed by atoms with Crippen LogP contribution in [-0.2, 0) is 9.63 Å². The number of rotatable bonds is 1. The van der Waals surface area contributed by atoms with Crippen LogP contribution >= 0.6 is 0 Å². The molecule has 0 aliphatic carbocycles. The molecular formula is C4H7N3O2. The molecule has 50 valence electrons. The van der Waals surface area contributed by atoms with Crippen LogP contribution in [0.1, 0.15) is 0 Å². The first kappa shape index (κ1) is 6.03. The first-order chi connectivity index (χ1) is 4.33. The maximum absolute atomic E-state index is 10.4. The van der Waals surface area contributed by atoms with Crippen LogP contribution in [0.2, 0.25) is 0 Å². The maximum atomic E-state index is 10.4. The Morgan fingerprint density at radius 2 is 2.67 bits per heavy atom. The van der Waals surface area contributed by atoms with E-state index in [0.717, 1.165) is 0 Å². The summed E-state index contributed by atoms with van der Waals surface area (Å²) in [7, 11) is 1.45. The van der Waals surface area contributed by atoms with Crippen molar-refractivity contribution < 1.29 is 9.63 Å². The molecule has 1 aliphatic rings. The van der Waals surface area contributed by atoms with Crippen molar-refractivity contribution in [2.24, 2.45) is 4.99 Å². The summed E-state index contributed by atoms with van der Waals surface area (Å²) in [6.45, 7) is 0.186. The minimum atomic E-state index is -0.116. The van der Waals surface area contributed by atoms with Crippen LogP contribution in [0.3, 0.4) is 0 Å². The average molecular weight is 129 g/mol. The topological polar surface area (TPSA) is 62.7 Å². The normalized spacial score (nSPS) is 17.0. The van der Waals surface area contributed by atoms with Crippen molar-refractivity contribution in [1.29, 1.82) is 0 Å². The summed E-state index contributed by atoms with van der Waals surface area (Å²) < 4.78 is 0. The lowest BCUT2D eigenvalue weighted by Crippen LogP contribution is -2.35. The van der Waals surface area contributed by atoms with Gasteiger partial charge in [0.2, 0.25) is 11.9 Å². The minimum Gasteiger partial charge on any atom is -0.293 e. The largest absolute Gasteiger partial charge is 0.293 e. The highest BCUT2D eigenvalue weighted by Gasteiger charge is 2.11. The Balaban J connectivity index is 2.36. The van der Waals surface area contributed by atoms with Gasteiger partial charge < -0.3 is 0 Å². The van der Waals surface area contributed by atoms with Gasteiger partial charge in [-0.2, -0.15) is 0 Å². The third-order valence-electron chi connectivity index (χ3n) is 0.837. The number of nitrogens with one attached hydrogen (secondary N) is 2. The van der Waals surface area contributed by atoms with Gasteiger partial charge >= 0.3 is 0 Å². The second-order valence-corrected chi connectivity index (χ2v) is 1.52. The Hall–Kier alpha value is -1.10. The molecule has 5 nitrogen and oxygen atoms in total. The van der Waals surface area contributed by atoms with Crippen molar-refractivity contribution >= 4 is 11.9 Å². The molecular weight excluding hydrogens is 122 g/mol. The fourth-order valence-electron chi connectivity index (χ4n) is 0.516. The number of amides is 1. The third-order valence-corrected chi connectivity index (χ3v) is 0.837. The quantitative estimate of drug-likeness (QED) is 0.429.